The lowest BCUT2D eigenvalue weighted by atomic mass is 10.2. The summed E-state index contributed by atoms with van der Waals surface area (Å²) in [5, 5.41) is 14.0. The standard InChI is InChI=1S/C14H20FN3O3/c1-9(6-7-18(2)3)16-14(21)17-10-4-5-12(15)11(8-10)13(19)20/h4-5,8-9H,6-7H2,1-3H3,(H,19,20)(H2,16,17,21). The van der Waals surface area contributed by atoms with Crippen molar-refractivity contribution < 1.29 is 19.1 Å². The maximum atomic E-state index is 13.2. The van der Waals surface area contributed by atoms with Gasteiger partial charge in [0.1, 0.15) is 5.82 Å². The van der Waals surface area contributed by atoms with Crippen LogP contribution in [0.1, 0.15) is 23.7 Å². The van der Waals surface area contributed by atoms with Crippen molar-refractivity contribution in [2.45, 2.75) is 19.4 Å². The van der Waals surface area contributed by atoms with E-state index in [1.807, 2.05) is 25.9 Å². The molecule has 7 heteroatoms. The number of nitrogens with one attached hydrogen (secondary N) is 2. The SMILES string of the molecule is CC(CCN(C)C)NC(=O)Nc1ccc(F)c(C(=O)O)c1. The Labute approximate surface area is 122 Å². The molecule has 0 saturated heterocycles. The van der Waals surface area contributed by atoms with Gasteiger partial charge in [-0.3, -0.25) is 0 Å². The number of rotatable bonds is 6. The summed E-state index contributed by atoms with van der Waals surface area (Å²) < 4.78 is 13.2. The lowest BCUT2D eigenvalue weighted by Gasteiger charge is -2.17. The van der Waals surface area contributed by atoms with Gasteiger partial charge in [-0.15, -0.1) is 0 Å². The van der Waals surface area contributed by atoms with Crippen molar-refractivity contribution in [3.05, 3.63) is 29.6 Å². The fraction of sp³-hybridized carbons (Fsp3) is 0.429. The van der Waals surface area contributed by atoms with Crippen LogP contribution in [0, 0.1) is 5.82 Å². The van der Waals surface area contributed by atoms with E-state index >= 15 is 0 Å². The molecular weight excluding hydrogens is 277 g/mol. The summed E-state index contributed by atoms with van der Waals surface area (Å²) >= 11 is 0. The van der Waals surface area contributed by atoms with Crippen LogP contribution in [0.15, 0.2) is 18.2 Å². The van der Waals surface area contributed by atoms with Crippen LogP contribution in [0.2, 0.25) is 0 Å². The Kier molecular flexibility index (Phi) is 6.10. The Morgan fingerprint density at radius 2 is 2.05 bits per heavy atom. The number of aromatic carboxylic acids is 1. The largest absolute Gasteiger partial charge is 0.478 e. The minimum Gasteiger partial charge on any atom is -0.478 e. The number of anilines is 1. The number of carboxylic acids is 1. The van der Waals surface area contributed by atoms with Crippen molar-refractivity contribution in [3.63, 3.8) is 0 Å². The second-order valence-corrected chi connectivity index (χ2v) is 5.09. The molecule has 0 aliphatic heterocycles. The molecule has 1 unspecified atom stereocenters. The summed E-state index contributed by atoms with van der Waals surface area (Å²) in [6, 6.07) is 2.92. The normalized spacial score (nSPS) is 12.0. The molecule has 0 aromatic heterocycles. The maximum absolute atomic E-state index is 13.2. The Bertz CT molecular complexity index is 520. The summed E-state index contributed by atoms with van der Waals surface area (Å²) in [4.78, 5) is 24.6. The maximum Gasteiger partial charge on any atom is 0.338 e. The van der Waals surface area contributed by atoms with Crippen LogP contribution >= 0.6 is 0 Å². The summed E-state index contributed by atoms with van der Waals surface area (Å²) in [5.41, 5.74) is -0.250. The van der Waals surface area contributed by atoms with E-state index in [9.17, 15) is 14.0 Å². The van der Waals surface area contributed by atoms with Crippen molar-refractivity contribution in [1.82, 2.24) is 10.2 Å². The molecule has 1 rings (SSSR count). The molecule has 21 heavy (non-hydrogen) atoms. The quantitative estimate of drug-likeness (QED) is 0.750. The molecule has 0 saturated carbocycles. The van der Waals surface area contributed by atoms with Gasteiger partial charge >= 0.3 is 12.0 Å². The monoisotopic (exact) mass is 297 g/mol. The van der Waals surface area contributed by atoms with Gasteiger partial charge in [0, 0.05) is 11.7 Å². The molecule has 1 aromatic carbocycles. The number of carboxylic acid groups (broad SMARTS) is 1. The zero-order chi connectivity index (χ0) is 16.0. The van der Waals surface area contributed by atoms with Crippen LogP contribution in [-0.4, -0.2) is 48.7 Å². The van der Waals surface area contributed by atoms with Gasteiger partial charge < -0.3 is 20.6 Å². The van der Waals surface area contributed by atoms with Crippen LogP contribution in [0.3, 0.4) is 0 Å². The third-order valence-corrected chi connectivity index (χ3v) is 2.84. The van der Waals surface area contributed by atoms with Crippen LogP contribution in [-0.2, 0) is 0 Å². The summed E-state index contributed by atoms with van der Waals surface area (Å²) in [6.45, 7) is 2.71. The van der Waals surface area contributed by atoms with E-state index in [0.717, 1.165) is 25.1 Å². The number of nitrogens with zero attached hydrogens (tertiary/aromatic N) is 1. The van der Waals surface area contributed by atoms with E-state index in [1.165, 1.54) is 6.07 Å². The van der Waals surface area contributed by atoms with Crippen LogP contribution in [0.25, 0.3) is 0 Å². The molecule has 0 aliphatic rings. The number of carbonyl (C=O) groups is 2. The summed E-state index contributed by atoms with van der Waals surface area (Å²) in [5.74, 6) is -2.22. The number of carbonyl (C=O) groups excluding carboxylic acids is 1. The fourth-order valence-corrected chi connectivity index (χ4v) is 1.68. The number of amides is 2. The first kappa shape index (κ1) is 16.9. The Morgan fingerprint density at radius 3 is 2.62 bits per heavy atom. The molecule has 1 aromatic rings. The highest BCUT2D eigenvalue weighted by Crippen LogP contribution is 2.14. The van der Waals surface area contributed by atoms with E-state index in [0.29, 0.717) is 0 Å². The van der Waals surface area contributed by atoms with Crippen LogP contribution in [0.4, 0.5) is 14.9 Å². The Hall–Kier alpha value is -2.15. The summed E-state index contributed by atoms with van der Waals surface area (Å²) in [6.07, 6.45) is 0.782. The molecule has 0 spiro atoms. The summed E-state index contributed by atoms with van der Waals surface area (Å²) in [7, 11) is 3.89. The number of urea groups is 1. The van der Waals surface area contributed by atoms with E-state index in [2.05, 4.69) is 10.6 Å². The highest BCUT2D eigenvalue weighted by molar-refractivity contribution is 5.93. The predicted molar refractivity (Wildman–Crippen MR) is 78.1 cm³/mol. The molecule has 1 atom stereocenters. The second kappa shape index (κ2) is 7.58. The number of hydrogen-bond donors (Lipinski definition) is 3. The molecule has 0 heterocycles. The molecule has 2 amide bonds. The molecule has 0 fully saturated rings. The molecule has 3 N–H and O–H groups in total. The van der Waals surface area contributed by atoms with E-state index in [-0.39, 0.29) is 11.7 Å². The first-order chi connectivity index (χ1) is 9.79. The molecular formula is C14H20FN3O3. The van der Waals surface area contributed by atoms with E-state index < -0.39 is 23.4 Å². The zero-order valence-electron chi connectivity index (χ0n) is 12.3. The smallest absolute Gasteiger partial charge is 0.338 e. The van der Waals surface area contributed by atoms with Crippen molar-refractivity contribution in [2.24, 2.45) is 0 Å². The van der Waals surface area contributed by atoms with Crippen LogP contribution in [0.5, 0.6) is 0 Å². The average molecular weight is 297 g/mol. The van der Waals surface area contributed by atoms with Gasteiger partial charge in [0.05, 0.1) is 5.56 Å². The van der Waals surface area contributed by atoms with Gasteiger partial charge in [0.2, 0.25) is 0 Å². The predicted octanol–water partition coefficient (Wildman–Crippen LogP) is 1.99. The van der Waals surface area contributed by atoms with Gasteiger partial charge in [0.15, 0.2) is 0 Å². The number of benzene rings is 1. The number of halogens is 1. The van der Waals surface area contributed by atoms with E-state index in [4.69, 9.17) is 5.11 Å². The van der Waals surface area contributed by atoms with Gasteiger partial charge in [-0.05, 0) is 52.2 Å². The fourth-order valence-electron chi connectivity index (χ4n) is 1.68. The molecule has 0 radical (unpaired) electrons. The second-order valence-electron chi connectivity index (χ2n) is 5.09. The van der Waals surface area contributed by atoms with E-state index in [1.54, 1.807) is 0 Å². The minimum absolute atomic E-state index is 0.0354. The third-order valence-electron chi connectivity index (χ3n) is 2.84. The lowest BCUT2D eigenvalue weighted by Crippen LogP contribution is -2.37. The van der Waals surface area contributed by atoms with Crippen LogP contribution < -0.4 is 10.6 Å². The third kappa shape index (κ3) is 5.78. The molecule has 0 bridgehead atoms. The van der Waals surface area contributed by atoms with Gasteiger partial charge in [-0.2, -0.15) is 0 Å². The Balaban J connectivity index is 2.59. The van der Waals surface area contributed by atoms with Gasteiger partial charge in [-0.1, -0.05) is 0 Å². The first-order valence-corrected chi connectivity index (χ1v) is 6.54. The van der Waals surface area contributed by atoms with Crippen molar-refractivity contribution in [1.29, 1.82) is 0 Å². The highest BCUT2D eigenvalue weighted by Gasteiger charge is 2.13. The Morgan fingerprint density at radius 1 is 1.38 bits per heavy atom. The van der Waals surface area contributed by atoms with Crippen molar-refractivity contribution >= 4 is 17.7 Å². The first-order valence-electron chi connectivity index (χ1n) is 6.54. The average Bonchev–Trinajstić information content (AvgIpc) is 2.38. The number of hydrogen-bond acceptors (Lipinski definition) is 3. The van der Waals surface area contributed by atoms with Gasteiger partial charge in [-0.25, -0.2) is 14.0 Å². The molecule has 6 nitrogen and oxygen atoms in total. The highest BCUT2D eigenvalue weighted by atomic mass is 19.1. The molecule has 116 valence electrons. The lowest BCUT2D eigenvalue weighted by molar-refractivity contribution is 0.0692. The minimum atomic E-state index is -1.38. The van der Waals surface area contributed by atoms with Crippen molar-refractivity contribution in [3.8, 4) is 0 Å². The van der Waals surface area contributed by atoms with Crippen molar-refractivity contribution in [2.75, 3.05) is 26.0 Å². The zero-order valence-corrected chi connectivity index (χ0v) is 12.3. The molecule has 0 aliphatic carbocycles. The van der Waals surface area contributed by atoms with Gasteiger partial charge in [0.25, 0.3) is 0 Å². The topological polar surface area (TPSA) is 81.7 Å².